The highest BCUT2D eigenvalue weighted by Gasteiger charge is 2.29. The summed E-state index contributed by atoms with van der Waals surface area (Å²) in [5, 5.41) is 5.14. The highest BCUT2D eigenvalue weighted by molar-refractivity contribution is 7.15. The lowest BCUT2D eigenvalue weighted by Crippen LogP contribution is -2.52. The van der Waals surface area contributed by atoms with Crippen molar-refractivity contribution in [1.29, 1.82) is 0 Å². The van der Waals surface area contributed by atoms with Crippen LogP contribution in [-0.4, -0.2) is 63.9 Å². The fourth-order valence-corrected chi connectivity index (χ4v) is 4.18. The van der Waals surface area contributed by atoms with E-state index in [4.69, 9.17) is 0 Å². The maximum absolute atomic E-state index is 12.4. The Kier molecular flexibility index (Phi) is 4.34. The Bertz CT molecular complexity index is 787. The van der Waals surface area contributed by atoms with Crippen LogP contribution in [0.1, 0.15) is 18.5 Å². The fourth-order valence-electron chi connectivity index (χ4n) is 3.44. The van der Waals surface area contributed by atoms with Crippen LogP contribution in [-0.2, 0) is 11.3 Å². The summed E-state index contributed by atoms with van der Waals surface area (Å²) in [6.45, 7) is 4.75. The molecule has 0 radical (unpaired) electrons. The second-order valence-corrected chi connectivity index (χ2v) is 7.26. The molecule has 1 N–H and O–H groups in total. The zero-order chi connectivity index (χ0) is 16.5. The second kappa shape index (κ2) is 6.62. The summed E-state index contributed by atoms with van der Waals surface area (Å²) in [5.41, 5.74) is 0.775. The zero-order valence-electron chi connectivity index (χ0n) is 13.5. The number of nitrogens with zero attached hydrogens (tertiary/aromatic N) is 4. The van der Waals surface area contributed by atoms with Crippen molar-refractivity contribution >= 4 is 22.2 Å². The molecule has 2 aliphatic rings. The molecule has 24 heavy (non-hydrogen) atoms. The summed E-state index contributed by atoms with van der Waals surface area (Å²) in [6.07, 6.45) is 3.79. The third kappa shape index (κ3) is 3.09. The number of rotatable bonds is 3. The summed E-state index contributed by atoms with van der Waals surface area (Å²) in [4.78, 5) is 34.0. The van der Waals surface area contributed by atoms with Crippen LogP contribution in [0.5, 0.6) is 0 Å². The van der Waals surface area contributed by atoms with E-state index >= 15 is 0 Å². The molecule has 4 rings (SSSR count). The van der Waals surface area contributed by atoms with Gasteiger partial charge in [0.15, 0.2) is 4.96 Å². The topological polar surface area (TPSA) is 70.0 Å². The minimum atomic E-state index is -0.0302. The number of hydrogen-bond donors (Lipinski definition) is 1. The number of piperazine rings is 1. The number of aromatic nitrogens is 2. The van der Waals surface area contributed by atoms with E-state index in [1.165, 1.54) is 11.3 Å². The van der Waals surface area contributed by atoms with E-state index in [1.807, 2.05) is 10.3 Å². The van der Waals surface area contributed by atoms with Gasteiger partial charge in [-0.15, -0.1) is 11.3 Å². The number of thiazole rings is 1. The van der Waals surface area contributed by atoms with Crippen molar-refractivity contribution in [3.8, 4) is 0 Å². The number of amides is 1. The Morgan fingerprint density at radius 1 is 1.33 bits per heavy atom. The normalized spacial score (nSPS) is 22.3. The van der Waals surface area contributed by atoms with Crippen LogP contribution in [0.2, 0.25) is 0 Å². The van der Waals surface area contributed by atoms with Crippen molar-refractivity contribution in [2.24, 2.45) is 0 Å². The predicted octanol–water partition coefficient (Wildman–Crippen LogP) is 0.152. The third-order valence-electron chi connectivity index (χ3n) is 4.78. The average molecular weight is 347 g/mol. The standard InChI is InChI=1S/C16H21N5O2S/c22-14-10-12(18-16-21(14)8-9-24-16)11-19-4-6-20(7-5-19)15(23)13-2-1-3-17-13/h8-10,13,17H,1-7,11H2. The maximum atomic E-state index is 12.4. The molecule has 2 saturated heterocycles. The minimum absolute atomic E-state index is 0.0134. The molecule has 2 aliphatic heterocycles. The third-order valence-corrected chi connectivity index (χ3v) is 5.54. The molecule has 1 unspecified atom stereocenters. The average Bonchev–Trinajstić information content (AvgIpc) is 3.26. The van der Waals surface area contributed by atoms with Gasteiger partial charge in [-0.1, -0.05) is 0 Å². The fraction of sp³-hybridized carbons (Fsp3) is 0.562. The van der Waals surface area contributed by atoms with Crippen molar-refractivity contribution in [3.63, 3.8) is 0 Å². The summed E-state index contributed by atoms with van der Waals surface area (Å²) in [7, 11) is 0. The molecule has 8 heteroatoms. The van der Waals surface area contributed by atoms with E-state index in [-0.39, 0.29) is 17.5 Å². The van der Waals surface area contributed by atoms with Gasteiger partial charge in [0, 0.05) is 50.4 Å². The molecule has 2 aromatic rings. The van der Waals surface area contributed by atoms with E-state index in [1.54, 1.807) is 16.7 Å². The molecule has 0 aromatic carbocycles. The zero-order valence-corrected chi connectivity index (χ0v) is 14.3. The molecular weight excluding hydrogens is 326 g/mol. The van der Waals surface area contributed by atoms with Crippen LogP contribution in [0.25, 0.3) is 4.96 Å². The van der Waals surface area contributed by atoms with Crippen molar-refractivity contribution in [3.05, 3.63) is 33.7 Å². The molecule has 0 spiro atoms. The van der Waals surface area contributed by atoms with E-state index < -0.39 is 0 Å². The molecule has 4 heterocycles. The summed E-state index contributed by atoms with van der Waals surface area (Å²) < 4.78 is 1.57. The van der Waals surface area contributed by atoms with Crippen LogP contribution in [0.15, 0.2) is 22.4 Å². The van der Waals surface area contributed by atoms with Gasteiger partial charge in [0.05, 0.1) is 11.7 Å². The van der Waals surface area contributed by atoms with Crippen molar-refractivity contribution < 1.29 is 4.79 Å². The Morgan fingerprint density at radius 3 is 2.92 bits per heavy atom. The quantitative estimate of drug-likeness (QED) is 0.856. The molecule has 0 bridgehead atoms. The SMILES string of the molecule is O=C(C1CCCN1)N1CCN(Cc2cc(=O)n3ccsc3n2)CC1. The molecule has 1 atom stereocenters. The molecule has 2 aromatic heterocycles. The van der Waals surface area contributed by atoms with Gasteiger partial charge < -0.3 is 10.2 Å². The van der Waals surface area contributed by atoms with Gasteiger partial charge in [-0.05, 0) is 19.4 Å². The number of hydrogen-bond acceptors (Lipinski definition) is 6. The van der Waals surface area contributed by atoms with Crippen LogP contribution in [0.4, 0.5) is 0 Å². The highest BCUT2D eigenvalue weighted by Crippen LogP contribution is 2.13. The first-order valence-electron chi connectivity index (χ1n) is 8.41. The summed E-state index contributed by atoms with van der Waals surface area (Å²) in [5.74, 6) is 0.239. The second-order valence-electron chi connectivity index (χ2n) is 6.39. The van der Waals surface area contributed by atoms with E-state index in [9.17, 15) is 9.59 Å². The van der Waals surface area contributed by atoms with E-state index in [0.717, 1.165) is 56.2 Å². The van der Waals surface area contributed by atoms with Gasteiger partial charge in [0.1, 0.15) is 0 Å². The summed E-state index contributed by atoms with van der Waals surface area (Å²) >= 11 is 1.47. The molecule has 0 aliphatic carbocycles. The van der Waals surface area contributed by atoms with Crippen molar-refractivity contribution in [2.75, 3.05) is 32.7 Å². The van der Waals surface area contributed by atoms with Gasteiger partial charge in [0.25, 0.3) is 5.56 Å². The van der Waals surface area contributed by atoms with Crippen LogP contribution < -0.4 is 10.9 Å². The van der Waals surface area contributed by atoms with Gasteiger partial charge in [-0.2, -0.15) is 0 Å². The lowest BCUT2D eigenvalue weighted by Gasteiger charge is -2.35. The van der Waals surface area contributed by atoms with Crippen LogP contribution >= 0.6 is 11.3 Å². The van der Waals surface area contributed by atoms with Gasteiger partial charge in [-0.25, -0.2) is 4.98 Å². The van der Waals surface area contributed by atoms with E-state index in [2.05, 4.69) is 15.2 Å². The number of fused-ring (bicyclic) bond motifs is 1. The molecule has 128 valence electrons. The molecular formula is C16H21N5O2S. The Hall–Kier alpha value is -1.77. The Balaban J connectivity index is 1.37. The lowest BCUT2D eigenvalue weighted by molar-refractivity contribution is -0.134. The Morgan fingerprint density at radius 2 is 2.17 bits per heavy atom. The number of nitrogens with one attached hydrogen (secondary N) is 1. The van der Waals surface area contributed by atoms with Crippen LogP contribution in [0.3, 0.4) is 0 Å². The van der Waals surface area contributed by atoms with Crippen LogP contribution in [0, 0.1) is 0 Å². The van der Waals surface area contributed by atoms with Crippen molar-refractivity contribution in [1.82, 2.24) is 24.5 Å². The van der Waals surface area contributed by atoms with Gasteiger partial charge in [-0.3, -0.25) is 18.9 Å². The maximum Gasteiger partial charge on any atom is 0.258 e. The molecule has 2 fully saturated rings. The summed E-state index contributed by atoms with van der Waals surface area (Å²) in [6, 6.07) is 1.62. The molecule has 1 amide bonds. The first kappa shape index (κ1) is 15.7. The Labute approximate surface area is 143 Å². The van der Waals surface area contributed by atoms with Gasteiger partial charge >= 0.3 is 0 Å². The monoisotopic (exact) mass is 347 g/mol. The smallest absolute Gasteiger partial charge is 0.258 e. The van der Waals surface area contributed by atoms with E-state index in [0.29, 0.717) is 6.54 Å². The first-order valence-corrected chi connectivity index (χ1v) is 9.29. The number of carbonyl (C=O) groups excluding carboxylic acids is 1. The lowest BCUT2D eigenvalue weighted by atomic mass is 10.2. The number of carbonyl (C=O) groups is 1. The minimum Gasteiger partial charge on any atom is -0.339 e. The molecule has 0 saturated carbocycles. The highest BCUT2D eigenvalue weighted by atomic mass is 32.1. The predicted molar refractivity (Wildman–Crippen MR) is 92.2 cm³/mol. The van der Waals surface area contributed by atoms with Gasteiger partial charge in [0.2, 0.25) is 5.91 Å². The van der Waals surface area contributed by atoms with Crippen molar-refractivity contribution in [2.45, 2.75) is 25.4 Å². The first-order chi connectivity index (χ1) is 11.7. The molecule has 7 nitrogen and oxygen atoms in total. The largest absolute Gasteiger partial charge is 0.339 e.